The molecule has 2 aliphatic carbocycles. The van der Waals surface area contributed by atoms with E-state index in [1.807, 2.05) is 0 Å². The molecule has 0 amide bonds. The first-order valence-electron chi connectivity index (χ1n) is 9.18. The highest BCUT2D eigenvalue weighted by Crippen LogP contribution is 2.39. The van der Waals surface area contributed by atoms with Crippen molar-refractivity contribution in [3.63, 3.8) is 0 Å². The largest absolute Gasteiger partial charge is 0.0801 e. The molecule has 0 fully saturated rings. The lowest BCUT2D eigenvalue weighted by Gasteiger charge is -2.16. The Morgan fingerprint density at radius 3 is 2.40 bits per heavy atom. The third-order valence-corrected chi connectivity index (χ3v) is 6.71. The molecular formula is C24H24Si. The van der Waals surface area contributed by atoms with E-state index in [1.165, 1.54) is 38.6 Å². The predicted molar refractivity (Wildman–Crippen MR) is 111 cm³/mol. The molecule has 0 atom stereocenters. The van der Waals surface area contributed by atoms with Gasteiger partial charge in [0, 0.05) is 8.41 Å². The van der Waals surface area contributed by atoms with Crippen LogP contribution < -0.4 is 5.22 Å². The van der Waals surface area contributed by atoms with Gasteiger partial charge in [-0.3, -0.25) is 0 Å². The van der Waals surface area contributed by atoms with Gasteiger partial charge in [-0.05, 0) is 56.3 Å². The molecule has 0 spiro atoms. The number of allylic oxidation sites excluding steroid dienone is 6. The van der Waals surface area contributed by atoms with E-state index in [0.717, 1.165) is 12.8 Å². The van der Waals surface area contributed by atoms with Crippen LogP contribution in [0.4, 0.5) is 0 Å². The molecule has 0 aromatic heterocycles. The molecule has 2 aromatic rings. The summed E-state index contributed by atoms with van der Waals surface area (Å²) in [6.07, 6.45) is 11.3. The van der Waals surface area contributed by atoms with Gasteiger partial charge in [0.1, 0.15) is 0 Å². The molecule has 0 unspecified atom stereocenters. The van der Waals surface area contributed by atoms with Crippen molar-refractivity contribution < 1.29 is 0 Å². The third kappa shape index (κ3) is 2.73. The summed E-state index contributed by atoms with van der Waals surface area (Å²) in [5.74, 6) is 0. The van der Waals surface area contributed by atoms with Crippen LogP contribution in [0, 0.1) is 4.81 Å². The number of hydrogen-bond donors (Lipinski definition) is 0. The molecule has 0 radical (unpaired) electrons. The van der Waals surface area contributed by atoms with Crippen molar-refractivity contribution in [2.45, 2.75) is 32.9 Å². The number of benzene rings is 2. The van der Waals surface area contributed by atoms with Gasteiger partial charge in [0.15, 0.2) is 0 Å². The minimum atomic E-state index is -0.551. The Balaban J connectivity index is 2.10. The molecule has 25 heavy (non-hydrogen) atoms. The zero-order valence-electron chi connectivity index (χ0n) is 15.3. The summed E-state index contributed by atoms with van der Waals surface area (Å²) in [6.45, 7) is 7.08. The lowest BCUT2D eigenvalue weighted by molar-refractivity contribution is 1.17. The molecule has 124 valence electrons. The maximum atomic E-state index is 2.41. The topological polar surface area (TPSA) is 0 Å². The van der Waals surface area contributed by atoms with Gasteiger partial charge >= 0.3 is 0 Å². The van der Waals surface area contributed by atoms with Crippen LogP contribution >= 0.6 is 0 Å². The first-order valence-corrected chi connectivity index (χ1v) is 11.7. The number of hydrogen-bond acceptors (Lipinski definition) is 0. The van der Waals surface area contributed by atoms with E-state index in [0.29, 0.717) is 0 Å². The molecule has 0 N–H and O–H groups in total. The lowest BCUT2D eigenvalue weighted by Crippen LogP contribution is -2.09. The normalized spacial score (nSPS) is 15.2. The fourth-order valence-electron chi connectivity index (χ4n) is 4.03. The van der Waals surface area contributed by atoms with Crippen molar-refractivity contribution in [1.82, 2.24) is 0 Å². The molecule has 1 heteroatoms. The summed E-state index contributed by atoms with van der Waals surface area (Å²) in [4.78, 5) is 1.55. The Labute approximate surface area is 151 Å². The Kier molecular flexibility index (Phi) is 4.26. The molecule has 0 aliphatic heterocycles. The van der Waals surface area contributed by atoms with Gasteiger partial charge in [-0.15, -0.1) is 0 Å². The maximum absolute atomic E-state index is 2.41. The van der Waals surface area contributed by atoms with Gasteiger partial charge in [0.25, 0.3) is 0 Å². The number of rotatable bonds is 3. The van der Waals surface area contributed by atoms with E-state index in [-0.39, 0.29) is 0 Å². The molecule has 0 saturated heterocycles. The zero-order chi connectivity index (χ0) is 17.4. The van der Waals surface area contributed by atoms with Crippen LogP contribution in [0.1, 0.15) is 25.3 Å². The molecule has 2 aliphatic rings. The van der Waals surface area contributed by atoms with Gasteiger partial charge in [-0.1, -0.05) is 86.8 Å². The van der Waals surface area contributed by atoms with Crippen molar-refractivity contribution in [2.75, 3.05) is 0 Å². The third-order valence-electron chi connectivity index (χ3n) is 5.21. The summed E-state index contributed by atoms with van der Waals surface area (Å²) >= 11 is 0. The second-order valence-corrected chi connectivity index (χ2v) is 9.58. The van der Waals surface area contributed by atoms with Gasteiger partial charge < -0.3 is 0 Å². The maximum Gasteiger partial charge on any atom is 0.0136 e. The SMILES string of the molecule is CCC1=C(C2=CC=CC2)c2c(-c3ccccc3)c(=[Si](C)C)ccc2=C1. The van der Waals surface area contributed by atoms with Crippen LogP contribution in [0.15, 0.2) is 71.8 Å². The van der Waals surface area contributed by atoms with Crippen LogP contribution in [0.2, 0.25) is 13.1 Å². The highest BCUT2D eigenvalue weighted by Gasteiger charge is 2.23. The van der Waals surface area contributed by atoms with Crippen LogP contribution in [0.5, 0.6) is 0 Å². The smallest absolute Gasteiger partial charge is 0.0136 e. The van der Waals surface area contributed by atoms with Gasteiger partial charge in [-0.2, -0.15) is 0 Å². The Morgan fingerprint density at radius 1 is 0.960 bits per heavy atom. The highest BCUT2D eigenvalue weighted by atomic mass is 28.2. The van der Waals surface area contributed by atoms with Gasteiger partial charge in [-0.25, -0.2) is 0 Å². The van der Waals surface area contributed by atoms with Crippen molar-refractivity contribution in [3.8, 4) is 11.1 Å². The summed E-state index contributed by atoms with van der Waals surface area (Å²) in [5, 5.41) is 1.39. The fourth-order valence-corrected chi connectivity index (χ4v) is 5.21. The summed E-state index contributed by atoms with van der Waals surface area (Å²) in [5.41, 5.74) is 8.76. The van der Waals surface area contributed by atoms with E-state index >= 15 is 0 Å². The Morgan fingerprint density at radius 2 is 1.76 bits per heavy atom. The first-order chi connectivity index (χ1) is 12.2. The van der Waals surface area contributed by atoms with Crippen molar-refractivity contribution in [3.05, 3.63) is 87.4 Å². The molecule has 2 aromatic carbocycles. The Hall–Kier alpha value is -2.25. The highest BCUT2D eigenvalue weighted by molar-refractivity contribution is 6.48. The van der Waals surface area contributed by atoms with E-state index in [2.05, 4.69) is 86.8 Å². The average molecular weight is 341 g/mol. The van der Waals surface area contributed by atoms with Gasteiger partial charge in [0.05, 0.1) is 0 Å². The van der Waals surface area contributed by atoms with E-state index in [9.17, 15) is 0 Å². The molecular weight excluding hydrogens is 316 g/mol. The molecule has 0 nitrogen and oxygen atoms in total. The van der Waals surface area contributed by atoms with Gasteiger partial charge in [0.2, 0.25) is 0 Å². The fraction of sp³-hybridized carbons (Fsp3) is 0.208. The quantitative estimate of drug-likeness (QED) is 0.621. The second-order valence-electron chi connectivity index (χ2n) is 7.04. The van der Waals surface area contributed by atoms with E-state index in [1.54, 1.807) is 4.81 Å². The second kappa shape index (κ2) is 6.57. The summed E-state index contributed by atoms with van der Waals surface area (Å²) < 4.78 is 0. The van der Waals surface area contributed by atoms with E-state index in [4.69, 9.17) is 0 Å². The standard InChI is InChI=1S/C24H24Si/c1-4-17-16-20-14-15-21(25(2)3)23(19-10-6-5-7-11-19)24(20)22(17)18-12-8-9-13-18/h5-12,14-16H,4,13H2,1-3H3. The van der Waals surface area contributed by atoms with Crippen LogP contribution in [-0.4, -0.2) is 8.41 Å². The molecule has 4 rings (SSSR count). The van der Waals surface area contributed by atoms with Crippen molar-refractivity contribution in [2.24, 2.45) is 0 Å². The Bertz CT molecular complexity index is 1040. The molecule has 0 heterocycles. The molecule has 0 bridgehead atoms. The lowest BCUT2D eigenvalue weighted by atomic mass is 9.89. The van der Waals surface area contributed by atoms with Crippen LogP contribution in [0.25, 0.3) is 22.8 Å². The van der Waals surface area contributed by atoms with Crippen LogP contribution in [0.3, 0.4) is 0 Å². The monoisotopic (exact) mass is 340 g/mol. The van der Waals surface area contributed by atoms with E-state index < -0.39 is 8.41 Å². The first kappa shape index (κ1) is 16.2. The zero-order valence-corrected chi connectivity index (χ0v) is 16.3. The summed E-state index contributed by atoms with van der Waals surface area (Å²) in [7, 11) is -0.551. The number of fused-ring (bicyclic) bond motifs is 1. The van der Waals surface area contributed by atoms with Crippen molar-refractivity contribution >= 4 is 20.1 Å². The van der Waals surface area contributed by atoms with Crippen molar-refractivity contribution in [1.29, 1.82) is 0 Å². The van der Waals surface area contributed by atoms with Crippen LogP contribution in [-0.2, 0) is 0 Å². The predicted octanol–water partition coefficient (Wildman–Crippen LogP) is 5.78. The minimum absolute atomic E-state index is 0.551. The molecule has 0 saturated carbocycles. The summed E-state index contributed by atoms with van der Waals surface area (Å²) in [6, 6.07) is 15.7. The average Bonchev–Trinajstić information content (AvgIpc) is 3.28. The minimum Gasteiger partial charge on any atom is -0.0801 e.